The number of carbonyl (C=O) groups excluding carboxylic acids is 1. The van der Waals surface area contributed by atoms with Crippen molar-refractivity contribution in [2.24, 2.45) is 0 Å². The SMILES string of the molecule is CCCN1CCN(C(=O)c2sc3c(c2OC)CCCC3)CC1. The van der Waals surface area contributed by atoms with Crippen LogP contribution in [0.3, 0.4) is 0 Å². The molecule has 0 atom stereocenters. The Bertz CT molecular complexity index is 533. The van der Waals surface area contributed by atoms with Crippen LogP contribution < -0.4 is 4.74 Å². The highest BCUT2D eigenvalue weighted by molar-refractivity contribution is 7.14. The van der Waals surface area contributed by atoms with E-state index >= 15 is 0 Å². The Morgan fingerprint density at radius 3 is 2.59 bits per heavy atom. The van der Waals surface area contributed by atoms with Gasteiger partial charge in [0.2, 0.25) is 0 Å². The quantitative estimate of drug-likeness (QED) is 0.854. The Hall–Kier alpha value is -1.07. The molecule has 3 rings (SSSR count). The first-order chi connectivity index (χ1) is 10.7. The first kappa shape index (κ1) is 15.8. The average Bonchev–Trinajstić information content (AvgIpc) is 2.93. The van der Waals surface area contributed by atoms with Crippen molar-refractivity contribution < 1.29 is 9.53 Å². The first-order valence-electron chi connectivity index (χ1n) is 8.44. The van der Waals surface area contributed by atoms with Crippen LogP contribution >= 0.6 is 11.3 Å². The van der Waals surface area contributed by atoms with Crippen LogP contribution in [0.5, 0.6) is 5.75 Å². The molecule has 0 aromatic carbocycles. The highest BCUT2D eigenvalue weighted by Crippen LogP contribution is 2.40. The molecule has 22 heavy (non-hydrogen) atoms. The lowest BCUT2D eigenvalue weighted by Crippen LogP contribution is -2.48. The molecule has 1 aromatic rings. The lowest BCUT2D eigenvalue weighted by atomic mass is 9.98. The van der Waals surface area contributed by atoms with Crippen LogP contribution in [0.4, 0.5) is 0 Å². The predicted octanol–water partition coefficient (Wildman–Crippen LogP) is 2.80. The van der Waals surface area contributed by atoms with Crippen molar-refractivity contribution in [3.8, 4) is 5.75 Å². The molecular weight excluding hydrogens is 296 g/mol. The fourth-order valence-electron chi connectivity index (χ4n) is 3.53. The molecule has 1 aliphatic heterocycles. The number of nitrogens with zero attached hydrogens (tertiary/aromatic N) is 2. The fourth-order valence-corrected chi connectivity index (χ4v) is 4.85. The number of methoxy groups -OCH3 is 1. The Morgan fingerprint density at radius 1 is 1.18 bits per heavy atom. The number of piperazine rings is 1. The summed E-state index contributed by atoms with van der Waals surface area (Å²) >= 11 is 1.67. The van der Waals surface area contributed by atoms with E-state index in [0.717, 1.165) is 56.2 Å². The molecule has 122 valence electrons. The van der Waals surface area contributed by atoms with E-state index in [1.54, 1.807) is 18.4 Å². The second kappa shape index (κ2) is 7.01. The molecule has 1 amide bonds. The molecule has 1 aromatic heterocycles. The minimum absolute atomic E-state index is 0.174. The first-order valence-corrected chi connectivity index (χ1v) is 9.26. The van der Waals surface area contributed by atoms with Crippen LogP contribution in [0.25, 0.3) is 0 Å². The maximum atomic E-state index is 12.9. The Balaban J connectivity index is 1.74. The van der Waals surface area contributed by atoms with Gasteiger partial charge >= 0.3 is 0 Å². The summed E-state index contributed by atoms with van der Waals surface area (Å²) in [5.41, 5.74) is 1.30. The Kier molecular flexibility index (Phi) is 5.03. The van der Waals surface area contributed by atoms with Crippen molar-refractivity contribution in [2.45, 2.75) is 39.0 Å². The summed E-state index contributed by atoms with van der Waals surface area (Å²) in [5.74, 6) is 1.04. The zero-order valence-corrected chi connectivity index (χ0v) is 14.5. The van der Waals surface area contributed by atoms with Gasteiger partial charge in [0.15, 0.2) is 0 Å². The molecule has 1 aliphatic carbocycles. The minimum Gasteiger partial charge on any atom is -0.495 e. The molecular formula is C17H26N2O2S. The van der Waals surface area contributed by atoms with E-state index < -0.39 is 0 Å². The van der Waals surface area contributed by atoms with Gasteiger partial charge in [-0.25, -0.2) is 0 Å². The predicted molar refractivity (Wildman–Crippen MR) is 90.1 cm³/mol. The third-order valence-electron chi connectivity index (χ3n) is 4.72. The van der Waals surface area contributed by atoms with E-state index in [1.807, 2.05) is 4.90 Å². The number of hydrogen-bond acceptors (Lipinski definition) is 4. The number of amides is 1. The maximum Gasteiger partial charge on any atom is 0.267 e. The Morgan fingerprint density at radius 2 is 1.91 bits per heavy atom. The standard InChI is InChI=1S/C17H26N2O2S/c1-3-8-18-9-11-19(12-10-18)17(20)16-15(21-2)13-6-4-5-7-14(13)22-16/h3-12H2,1-2H3. The van der Waals surface area contributed by atoms with E-state index in [2.05, 4.69) is 11.8 Å². The zero-order valence-electron chi connectivity index (χ0n) is 13.7. The second-order valence-electron chi connectivity index (χ2n) is 6.21. The van der Waals surface area contributed by atoms with Gasteiger partial charge < -0.3 is 9.64 Å². The molecule has 0 unspecified atom stereocenters. The molecule has 2 heterocycles. The van der Waals surface area contributed by atoms with Gasteiger partial charge in [0, 0.05) is 36.6 Å². The van der Waals surface area contributed by atoms with E-state index in [0.29, 0.717) is 0 Å². The van der Waals surface area contributed by atoms with Gasteiger partial charge in [-0.15, -0.1) is 11.3 Å². The number of aryl methyl sites for hydroxylation is 1. The van der Waals surface area contributed by atoms with E-state index in [4.69, 9.17) is 4.74 Å². The van der Waals surface area contributed by atoms with Crippen molar-refractivity contribution in [2.75, 3.05) is 39.8 Å². The lowest BCUT2D eigenvalue weighted by Gasteiger charge is -2.34. The normalized spacial score (nSPS) is 19.1. The van der Waals surface area contributed by atoms with Crippen molar-refractivity contribution in [1.82, 2.24) is 9.80 Å². The molecule has 0 N–H and O–H groups in total. The zero-order chi connectivity index (χ0) is 15.5. The number of ether oxygens (including phenoxy) is 1. The van der Waals surface area contributed by atoms with Crippen LogP contribution in [-0.4, -0.2) is 55.5 Å². The fraction of sp³-hybridized carbons (Fsp3) is 0.706. The Labute approximate surface area is 137 Å². The summed E-state index contributed by atoms with van der Waals surface area (Å²) in [7, 11) is 1.70. The van der Waals surface area contributed by atoms with Gasteiger partial charge in [-0.2, -0.15) is 0 Å². The highest BCUT2D eigenvalue weighted by Gasteiger charge is 2.29. The summed E-state index contributed by atoms with van der Waals surface area (Å²) in [6.45, 7) is 7.01. The number of hydrogen-bond donors (Lipinski definition) is 0. The number of thiophene rings is 1. The van der Waals surface area contributed by atoms with Crippen LogP contribution in [0.15, 0.2) is 0 Å². The van der Waals surface area contributed by atoms with Gasteiger partial charge in [0.25, 0.3) is 5.91 Å². The second-order valence-corrected chi connectivity index (χ2v) is 7.31. The summed E-state index contributed by atoms with van der Waals surface area (Å²) in [6.07, 6.45) is 5.79. The van der Waals surface area contributed by atoms with Crippen molar-refractivity contribution in [1.29, 1.82) is 0 Å². The van der Waals surface area contributed by atoms with Gasteiger partial charge in [-0.1, -0.05) is 6.92 Å². The topological polar surface area (TPSA) is 32.8 Å². The van der Waals surface area contributed by atoms with Gasteiger partial charge in [-0.3, -0.25) is 9.69 Å². The molecule has 5 heteroatoms. The number of fused-ring (bicyclic) bond motifs is 1. The van der Waals surface area contributed by atoms with Crippen LogP contribution in [0, 0.1) is 0 Å². The molecule has 1 saturated heterocycles. The van der Waals surface area contributed by atoms with Gasteiger partial charge in [-0.05, 0) is 38.6 Å². The van der Waals surface area contributed by atoms with Crippen molar-refractivity contribution >= 4 is 17.2 Å². The van der Waals surface area contributed by atoms with E-state index in [-0.39, 0.29) is 5.91 Å². The number of carbonyl (C=O) groups is 1. The minimum atomic E-state index is 0.174. The highest BCUT2D eigenvalue weighted by atomic mass is 32.1. The number of rotatable bonds is 4. The monoisotopic (exact) mass is 322 g/mol. The van der Waals surface area contributed by atoms with Crippen LogP contribution in [0.2, 0.25) is 0 Å². The molecule has 0 saturated carbocycles. The summed E-state index contributed by atoms with van der Waals surface area (Å²) in [4.78, 5) is 19.6. The third kappa shape index (κ3) is 3.01. The van der Waals surface area contributed by atoms with Gasteiger partial charge in [0.1, 0.15) is 10.6 Å². The largest absolute Gasteiger partial charge is 0.495 e. The summed E-state index contributed by atoms with van der Waals surface area (Å²) in [6, 6.07) is 0. The van der Waals surface area contributed by atoms with Crippen molar-refractivity contribution in [3.63, 3.8) is 0 Å². The maximum absolute atomic E-state index is 12.9. The third-order valence-corrected chi connectivity index (χ3v) is 5.98. The van der Waals surface area contributed by atoms with Gasteiger partial charge in [0.05, 0.1) is 7.11 Å². The molecule has 1 fully saturated rings. The molecule has 2 aliphatic rings. The molecule has 0 radical (unpaired) electrons. The molecule has 4 nitrogen and oxygen atoms in total. The van der Waals surface area contributed by atoms with E-state index in [1.165, 1.54) is 29.7 Å². The molecule has 0 bridgehead atoms. The summed E-state index contributed by atoms with van der Waals surface area (Å²) in [5, 5.41) is 0. The summed E-state index contributed by atoms with van der Waals surface area (Å²) < 4.78 is 5.61. The van der Waals surface area contributed by atoms with Crippen LogP contribution in [-0.2, 0) is 12.8 Å². The average molecular weight is 322 g/mol. The smallest absolute Gasteiger partial charge is 0.267 e. The van der Waals surface area contributed by atoms with E-state index in [9.17, 15) is 4.79 Å². The lowest BCUT2D eigenvalue weighted by molar-refractivity contribution is 0.0639. The van der Waals surface area contributed by atoms with Crippen LogP contribution in [0.1, 0.15) is 46.3 Å². The van der Waals surface area contributed by atoms with Crippen molar-refractivity contribution in [3.05, 3.63) is 15.3 Å². The molecule has 0 spiro atoms.